The molecule has 1 aliphatic rings. The summed E-state index contributed by atoms with van der Waals surface area (Å²) in [5.41, 5.74) is 2.01. The number of amidine groups is 1. The monoisotopic (exact) mass is 451 g/mol. The quantitative estimate of drug-likeness (QED) is 0.265. The van der Waals surface area contributed by atoms with Gasteiger partial charge in [-0.15, -0.1) is 0 Å². The molecule has 0 bridgehead atoms. The van der Waals surface area contributed by atoms with E-state index in [1.165, 1.54) is 24.3 Å². The molecule has 34 heavy (non-hydrogen) atoms. The maximum Gasteiger partial charge on any atom is 0.269 e. The van der Waals surface area contributed by atoms with Gasteiger partial charge in [0.25, 0.3) is 17.5 Å². The van der Waals surface area contributed by atoms with Gasteiger partial charge in [0.2, 0.25) is 0 Å². The lowest BCUT2D eigenvalue weighted by Gasteiger charge is -2.06. The van der Waals surface area contributed by atoms with Gasteiger partial charge in [0.15, 0.2) is 0 Å². The average molecular weight is 451 g/mol. The van der Waals surface area contributed by atoms with Crippen molar-refractivity contribution in [1.82, 2.24) is 10.6 Å². The molecule has 3 aromatic rings. The van der Waals surface area contributed by atoms with Crippen molar-refractivity contribution in [2.75, 3.05) is 0 Å². The number of rotatable bonds is 5. The molecule has 0 saturated heterocycles. The molecule has 9 nitrogen and oxygen atoms in total. The first-order valence-electron chi connectivity index (χ1n) is 10.2. The van der Waals surface area contributed by atoms with E-state index in [4.69, 9.17) is 0 Å². The van der Waals surface area contributed by atoms with E-state index in [0.29, 0.717) is 11.1 Å². The molecule has 166 valence electrons. The van der Waals surface area contributed by atoms with Gasteiger partial charge in [0, 0.05) is 35.4 Å². The number of non-ortho nitro benzene ring substituents is 1. The number of nitriles is 1. The zero-order valence-electron chi connectivity index (χ0n) is 17.7. The number of aliphatic imine (C=N–C) groups is 1. The van der Waals surface area contributed by atoms with Crippen molar-refractivity contribution in [3.05, 3.63) is 117 Å². The summed E-state index contributed by atoms with van der Waals surface area (Å²) in [4.78, 5) is 40.2. The molecule has 4 rings (SSSR count). The molecule has 2 amide bonds. The summed E-state index contributed by atoms with van der Waals surface area (Å²) in [6.07, 6.45) is 0. The Labute approximate surface area is 194 Å². The minimum absolute atomic E-state index is 0.134. The van der Waals surface area contributed by atoms with Crippen LogP contribution in [0.1, 0.15) is 27.0 Å². The van der Waals surface area contributed by atoms with Crippen LogP contribution < -0.4 is 10.6 Å². The maximum absolute atomic E-state index is 12.8. The van der Waals surface area contributed by atoms with Crippen LogP contribution in [-0.2, 0) is 11.3 Å². The predicted octanol–water partition coefficient (Wildman–Crippen LogP) is 3.34. The number of nitro benzene ring substituents is 1. The lowest BCUT2D eigenvalue weighted by Crippen LogP contribution is -2.30. The Hall–Kier alpha value is -5.10. The number of nitrogens with zero attached hydrogens (tertiary/aromatic N) is 3. The van der Waals surface area contributed by atoms with Crippen LogP contribution in [0.4, 0.5) is 5.69 Å². The summed E-state index contributed by atoms with van der Waals surface area (Å²) in [5, 5.41) is 25.9. The highest BCUT2D eigenvalue weighted by Gasteiger charge is 2.27. The molecule has 0 saturated carbocycles. The Morgan fingerprint density at radius 3 is 2.24 bits per heavy atom. The standard InChI is InChI=1S/C25H17N5O4/c26-14-21(25(32)27-15-16-6-2-1-3-7-16)22-19-8-4-5-9-20(19)23(28-22)29-24(31)17-10-12-18(13-11-17)30(33)34/h1-13H,15H2,(H,27,32)(H,28,29,31)/b22-21-. The average Bonchev–Trinajstić information content (AvgIpc) is 3.22. The Morgan fingerprint density at radius 1 is 0.941 bits per heavy atom. The first-order chi connectivity index (χ1) is 16.5. The minimum atomic E-state index is -0.581. The van der Waals surface area contributed by atoms with E-state index in [9.17, 15) is 25.0 Å². The van der Waals surface area contributed by atoms with Crippen LogP contribution in [0.2, 0.25) is 0 Å². The topological polar surface area (TPSA) is 137 Å². The lowest BCUT2D eigenvalue weighted by atomic mass is 10.0. The van der Waals surface area contributed by atoms with Gasteiger partial charge in [-0.05, 0) is 17.7 Å². The van der Waals surface area contributed by atoms with Crippen molar-refractivity contribution < 1.29 is 14.5 Å². The molecule has 9 heteroatoms. The van der Waals surface area contributed by atoms with Gasteiger partial charge in [-0.25, -0.2) is 4.99 Å². The second-order valence-electron chi connectivity index (χ2n) is 7.27. The Bertz CT molecular complexity index is 1390. The third kappa shape index (κ3) is 4.56. The molecule has 1 aliphatic heterocycles. The highest BCUT2D eigenvalue weighted by Crippen LogP contribution is 2.30. The molecule has 0 atom stereocenters. The molecule has 0 spiro atoms. The number of fused-ring (bicyclic) bond motifs is 1. The second kappa shape index (κ2) is 9.58. The van der Waals surface area contributed by atoms with Crippen LogP contribution >= 0.6 is 0 Å². The molecule has 0 aromatic heterocycles. The molecular formula is C25H17N5O4. The number of hydrogen-bond acceptors (Lipinski definition) is 6. The van der Waals surface area contributed by atoms with Crippen LogP contribution in [-0.4, -0.2) is 22.6 Å². The summed E-state index contributed by atoms with van der Waals surface area (Å²) in [7, 11) is 0. The number of hydrogen-bond donors (Lipinski definition) is 2. The van der Waals surface area contributed by atoms with Crippen LogP contribution in [0.15, 0.2) is 89.4 Å². The van der Waals surface area contributed by atoms with Crippen LogP contribution in [0.25, 0.3) is 5.70 Å². The number of carbonyl (C=O) groups excluding carboxylic acids is 2. The Balaban J connectivity index is 1.61. The zero-order valence-corrected chi connectivity index (χ0v) is 17.7. The molecule has 0 fully saturated rings. The van der Waals surface area contributed by atoms with Gasteiger partial charge in [0.1, 0.15) is 17.5 Å². The first kappa shape index (κ1) is 22.1. The van der Waals surface area contributed by atoms with E-state index >= 15 is 0 Å². The van der Waals surface area contributed by atoms with Crippen LogP contribution in [0.3, 0.4) is 0 Å². The van der Waals surface area contributed by atoms with Crippen molar-refractivity contribution in [3.63, 3.8) is 0 Å². The van der Waals surface area contributed by atoms with Crippen molar-refractivity contribution >= 4 is 29.0 Å². The van der Waals surface area contributed by atoms with Gasteiger partial charge in [0.05, 0.1) is 10.6 Å². The lowest BCUT2D eigenvalue weighted by molar-refractivity contribution is -0.384. The van der Waals surface area contributed by atoms with Crippen molar-refractivity contribution in [1.29, 1.82) is 5.26 Å². The number of amides is 2. The van der Waals surface area contributed by atoms with Gasteiger partial charge >= 0.3 is 0 Å². The number of benzene rings is 3. The van der Waals surface area contributed by atoms with Gasteiger partial charge in [-0.3, -0.25) is 19.7 Å². The van der Waals surface area contributed by atoms with E-state index in [1.54, 1.807) is 24.3 Å². The first-order valence-corrected chi connectivity index (χ1v) is 10.2. The van der Waals surface area contributed by atoms with Gasteiger partial charge < -0.3 is 10.6 Å². The summed E-state index contributed by atoms with van der Waals surface area (Å²) >= 11 is 0. The smallest absolute Gasteiger partial charge is 0.269 e. The minimum Gasteiger partial charge on any atom is -0.347 e. The van der Waals surface area contributed by atoms with Gasteiger partial charge in [-0.1, -0.05) is 54.6 Å². The molecule has 0 unspecified atom stereocenters. The summed E-state index contributed by atoms with van der Waals surface area (Å²) in [6.45, 7) is 0.243. The number of nitrogens with one attached hydrogen (secondary N) is 2. The molecule has 2 N–H and O–H groups in total. The maximum atomic E-state index is 12.8. The van der Waals surface area contributed by atoms with Crippen LogP contribution in [0.5, 0.6) is 0 Å². The largest absolute Gasteiger partial charge is 0.347 e. The molecule has 0 radical (unpaired) electrons. The Kier molecular flexibility index (Phi) is 6.23. The van der Waals surface area contributed by atoms with E-state index < -0.39 is 16.7 Å². The molecular weight excluding hydrogens is 434 g/mol. The third-order valence-electron chi connectivity index (χ3n) is 5.10. The normalized spacial score (nSPS) is 13.2. The highest BCUT2D eigenvalue weighted by molar-refractivity contribution is 6.20. The van der Waals surface area contributed by atoms with E-state index in [0.717, 1.165) is 5.56 Å². The SMILES string of the molecule is N#C/C(C(=O)NCc1ccccc1)=C1/N=C(NC(=O)c2ccc([N+](=O)[O-])cc2)c2ccccc21. The molecule has 0 aliphatic carbocycles. The zero-order chi connectivity index (χ0) is 24.1. The molecule has 3 aromatic carbocycles. The predicted molar refractivity (Wildman–Crippen MR) is 124 cm³/mol. The van der Waals surface area contributed by atoms with E-state index in [1.807, 2.05) is 36.4 Å². The fourth-order valence-corrected chi connectivity index (χ4v) is 3.41. The van der Waals surface area contributed by atoms with E-state index in [-0.39, 0.29) is 34.9 Å². The Morgan fingerprint density at radius 2 is 1.59 bits per heavy atom. The van der Waals surface area contributed by atoms with E-state index in [2.05, 4.69) is 15.6 Å². The van der Waals surface area contributed by atoms with Gasteiger partial charge in [-0.2, -0.15) is 5.26 Å². The van der Waals surface area contributed by atoms with Crippen molar-refractivity contribution in [2.45, 2.75) is 6.54 Å². The summed E-state index contributed by atoms with van der Waals surface area (Å²) in [5.74, 6) is -0.933. The summed E-state index contributed by atoms with van der Waals surface area (Å²) < 4.78 is 0. The molecule has 1 heterocycles. The van der Waals surface area contributed by atoms with Crippen LogP contribution in [0, 0.1) is 21.4 Å². The fraction of sp³-hybridized carbons (Fsp3) is 0.0400. The number of nitro groups is 1. The highest BCUT2D eigenvalue weighted by atomic mass is 16.6. The third-order valence-corrected chi connectivity index (χ3v) is 5.10. The van der Waals surface area contributed by atoms with Crippen molar-refractivity contribution in [3.8, 4) is 6.07 Å². The summed E-state index contributed by atoms with van der Waals surface area (Å²) in [6, 6.07) is 23.3. The second-order valence-corrected chi connectivity index (χ2v) is 7.27. The van der Waals surface area contributed by atoms with Crippen molar-refractivity contribution in [2.24, 2.45) is 4.99 Å². The fourth-order valence-electron chi connectivity index (χ4n) is 3.41. The number of carbonyl (C=O) groups is 2.